The lowest BCUT2D eigenvalue weighted by Gasteiger charge is -2.18. The lowest BCUT2D eigenvalue weighted by molar-refractivity contribution is -0.116. The number of Topliss-reactive ketones (excluding diaryl/α,β-unsaturated/α-hetero) is 1. The summed E-state index contributed by atoms with van der Waals surface area (Å²) in [6, 6.07) is 17.4. The Hall–Kier alpha value is -2.82. The summed E-state index contributed by atoms with van der Waals surface area (Å²) in [5.74, 6) is 0.586. The Morgan fingerprint density at radius 1 is 1.18 bits per heavy atom. The number of carbonyl (C=O) groups is 1. The number of nitrogens with zero attached hydrogens (tertiary/aromatic N) is 2. The first-order chi connectivity index (χ1) is 13.7. The highest BCUT2D eigenvalue weighted by atomic mass is 32.2. The summed E-state index contributed by atoms with van der Waals surface area (Å²) in [6.07, 6.45) is 0. The molecule has 1 aliphatic heterocycles. The van der Waals surface area contributed by atoms with Gasteiger partial charge < -0.3 is 9.47 Å². The molecule has 4 rings (SSSR count). The topological polar surface area (TPSA) is 72.2 Å². The van der Waals surface area contributed by atoms with E-state index in [0.717, 1.165) is 16.2 Å². The van der Waals surface area contributed by atoms with Gasteiger partial charge in [-0.15, -0.1) is 23.1 Å². The molecule has 0 radical (unpaired) electrons. The van der Waals surface area contributed by atoms with Crippen LogP contribution in [0.5, 0.6) is 11.5 Å². The van der Waals surface area contributed by atoms with Crippen LogP contribution in [-0.4, -0.2) is 29.7 Å². The van der Waals surface area contributed by atoms with Gasteiger partial charge >= 0.3 is 0 Å². The molecule has 1 atom stereocenters. The van der Waals surface area contributed by atoms with E-state index in [9.17, 15) is 10.1 Å². The van der Waals surface area contributed by atoms with Gasteiger partial charge in [-0.1, -0.05) is 30.3 Å². The number of thiazole rings is 1. The number of aromatic nitrogens is 1. The van der Waals surface area contributed by atoms with Crippen LogP contribution in [0.4, 0.5) is 0 Å². The molecular weight excluding hydrogens is 392 g/mol. The zero-order valence-electron chi connectivity index (χ0n) is 14.8. The third-order valence-corrected chi connectivity index (χ3v) is 6.11. The van der Waals surface area contributed by atoms with Crippen LogP contribution < -0.4 is 9.47 Å². The summed E-state index contributed by atoms with van der Waals surface area (Å²) in [5.41, 5.74) is 1.76. The Labute approximate surface area is 170 Å². The van der Waals surface area contributed by atoms with Crippen LogP contribution in [0.1, 0.15) is 10.9 Å². The first-order valence-corrected chi connectivity index (χ1v) is 10.6. The van der Waals surface area contributed by atoms with Crippen molar-refractivity contribution < 1.29 is 14.3 Å². The summed E-state index contributed by atoms with van der Waals surface area (Å²) in [6.45, 7) is 1.06. The normalized spacial score (nSPS) is 13.5. The number of ketones is 1. The van der Waals surface area contributed by atoms with E-state index >= 15 is 0 Å². The second-order valence-electron chi connectivity index (χ2n) is 6.06. The molecule has 0 bridgehead atoms. The average molecular weight is 409 g/mol. The molecule has 0 amide bonds. The van der Waals surface area contributed by atoms with E-state index in [1.807, 2.05) is 53.9 Å². The van der Waals surface area contributed by atoms with Crippen LogP contribution in [0.25, 0.3) is 11.3 Å². The molecule has 0 fully saturated rings. The molecule has 0 unspecified atom stereocenters. The van der Waals surface area contributed by atoms with Gasteiger partial charge in [-0.2, -0.15) is 5.26 Å². The van der Waals surface area contributed by atoms with Gasteiger partial charge in [0, 0.05) is 15.8 Å². The second kappa shape index (κ2) is 8.46. The Bertz CT molecular complexity index is 1030. The molecular formula is C21H16N2O3S2. The molecule has 5 nitrogen and oxygen atoms in total. The SMILES string of the molecule is N#C[C@H](C(=O)CSc1ccc2c(c1)OCCO2)c1nc(-c2ccccc2)cs1. The third-order valence-electron chi connectivity index (χ3n) is 4.18. The molecule has 3 aromatic rings. The second-order valence-corrected chi connectivity index (χ2v) is 8.00. The smallest absolute Gasteiger partial charge is 0.167 e. The fourth-order valence-corrected chi connectivity index (χ4v) is 4.50. The van der Waals surface area contributed by atoms with Gasteiger partial charge in [0.2, 0.25) is 0 Å². The van der Waals surface area contributed by atoms with Gasteiger partial charge in [0.25, 0.3) is 0 Å². The molecule has 0 saturated heterocycles. The fraction of sp³-hybridized carbons (Fsp3) is 0.190. The van der Waals surface area contributed by atoms with E-state index in [-0.39, 0.29) is 11.5 Å². The maximum Gasteiger partial charge on any atom is 0.167 e. The standard InChI is InChI=1S/C21H16N2O3S2/c22-11-16(21-23-17(12-28-21)14-4-2-1-3-5-14)18(24)13-27-15-6-7-19-20(10-15)26-9-8-25-19/h1-7,10,12,16H,8-9,13H2/t16-/m1/s1. The van der Waals surface area contributed by atoms with Gasteiger partial charge in [0.05, 0.1) is 17.5 Å². The minimum atomic E-state index is -0.854. The maximum atomic E-state index is 12.6. The van der Waals surface area contributed by atoms with E-state index < -0.39 is 5.92 Å². The molecule has 0 N–H and O–H groups in total. The van der Waals surface area contributed by atoms with Crippen molar-refractivity contribution in [3.05, 3.63) is 58.9 Å². The van der Waals surface area contributed by atoms with E-state index in [4.69, 9.17) is 9.47 Å². The predicted molar refractivity (Wildman–Crippen MR) is 109 cm³/mol. The Morgan fingerprint density at radius 2 is 1.96 bits per heavy atom. The number of hydrogen-bond acceptors (Lipinski definition) is 7. The van der Waals surface area contributed by atoms with Crippen LogP contribution in [0.3, 0.4) is 0 Å². The first kappa shape index (κ1) is 18.5. The predicted octanol–water partition coefficient (Wildman–Crippen LogP) is 4.55. The van der Waals surface area contributed by atoms with Gasteiger partial charge in [-0.3, -0.25) is 4.79 Å². The number of benzene rings is 2. The summed E-state index contributed by atoms with van der Waals surface area (Å²) in [7, 11) is 0. The number of fused-ring (bicyclic) bond motifs is 1. The summed E-state index contributed by atoms with van der Waals surface area (Å²) >= 11 is 2.73. The number of hydrogen-bond donors (Lipinski definition) is 0. The Kier molecular flexibility index (Phi) is 5.60. The lowest BCUT2D eigenvalue weighted by Crippen LogP contribution is -2.15. The van der Waals surface area contributed by atoms with Crippen molar-refractivity contribution in [2.24, 2.45) is 0 Å². The largest absolute Gasteiger partial charge is 0.486 e. The molecule has 2 aromatic carbocycles. The molecule has 1 aromatic heterocycles. The van der Waals surface area contributed by atoms with Gasteiger partial charge in [0.1, 0.15) is 18.2 Å². The van der Waals surface area contributed by atoms with E-state index in [0.29, 0.717) is 29.7 Å². The Balaban J connectivity index is 1.43. The average Bonchev–Trinajstić information content (AvgIpc) is 3.23. The highest BCUT2D eigenvalue weighted by Gasteiger charge is 2.24. The summed E-state index contributed by atoms with van der Waals surface area (Å²) in [4.78, 5) is 18.1. The van der Waals surface area contributed by atoms with Crippen molar-refractivity contribution in [1.82, 2.24) is 4.98 Å². The lowest BCUT2D eigenvalue weighted by atomic mass is 10.1. The highest BCUT2D eigenvalue weighted by Crippen LogP contribution is 2.35. The molecule has 140 valence electrons. The Morgan fingerprint density at radius 3 is 2.75 bits per heavy atom. The molecule has 0 saturated carbocycles. The fourth-order valence-electron chi connectivity index (χ4n) is 2.78. The molecule has 28 heavy (non-hydrogen) atoms. The van der Waals surface area contributed by atoms with E-state index in [2.05, 4.69) is 11.1 Å². The monoisotopic (exact) mass is 408 g/mol. The summed E-state index contributed by atoms with van der Waals surface area (Å²) < 4.78 is 11.1. The van der Waals surface area contributed by atoms with E-state index in [1.165, 1.54) is 23.1 Å². The number of thioether (sulfide) groups is 1. The molecule has 1 aliphatic rings. The molecule has 7 heteroatoms. The van der Waals surface area contributed by atoms with Gasteiger partial charge in [-0.05, 0) is 18.2 Å². The van der Waals surface area contributed by atoms with Crippen molar-refractivity contribution in [3.63, 3.8) is 0 Å². The zero-order chi connectivity index (χ0) is 19.3. The van der Waals surface area contributed by atoms with Gasteiger partial charge in [-0.25, -0.2) is 4.98 Å². The quantitative estimate of drug-likeness (QED) is 0.557. The number of rotatable bonds is 6. The number of nitriles is 1. The third kappa shape index (κ3) is 4.03. The molecule has 0 spiro atoms. The first-order valence-electron chi connectivity index (χ1n) is 8.70. The summed E-state index contributed by atoms with van der Waals surface area (Å²) in [5, 5.41) is 12.0. The minimum absolute atomic E-state index is 0.156. The molecule has 2 heterocycles. The number of carbonyl (C=O) groups excluding carboxylic acids is 1. The van der Waals surface area contributed by atoms with Crippen LogP contribution in [0.2, 0.25) is 0 Å². The van der Waals surface area contributed by atoms with Crippen LogP contribution in [-0.2, 0) is 4.79 Å². The van der Waals surface area contributed by atoms with Crippen molar-refractivity contribution in [2.75, 3.05) is 19.0 Å². The van der Waals surface area contributed by atoms with Crippen LogP contribution in [0.15, 0.2) is 58.8 Å². The number of ether oxygens (including phenoxy) is 2. The highest BCUT2D eigenvalue weighted by molar-refractivity contribution is 8.00. The minimum Gasteiger partial charge on any atom is -0.486 e. The molecule has 0 aliphatic carbocycles. The van der Waals surface area contributed by atoms with Crippen LogP contribution >= 0.6 is 23.1 Å². The zero-order valence-corrected chi connectivity index (χ0v) is 16.5. The van der Waals surface area contributed by atoms with Crippen molar-refractivity contribution >= 4 is 28.9 Å². The van der Waals surface area contributed by atoms with Gasteiger partial charge in [0.15, 0.2) is 23.2 Å². The maximum absolute atomic E-state index is 12.6. The van der Waals surface area contributed by atoms with Crippen molar-refractivity contribution in [3.8, 4) is 28.8 Å². The van der Waals surface area contributed by atoms with Crippen LogP contribution in [0, 0.1) is 11.3 Å². The van der Waals surface area contributed by atoms with Crippen molar-refractivity contribution in [2.45, 2.75) is 10.8 Å². The van der Waals surface area contributed by atoms with E-state index in [1.54, 1.807) is 0 Å². The van der Waals surface area contributed by atoms with Crippen molar-refractivity contribution in [1.29, 1.82) is 5.26 Å².